The highest BCUT2D eigenvalue weighted by atomic mass is 16.2. The van der Waals surface area contributed by atoms with Crippen LogP contribution in [-0.4, -0.2) is 48.9 Å². The molecule has 1 amide bonds. The van der Waals surface area contributed by atoms with Gasteiger partial charge >= 0.3 is 0 Å². The summed E-state index contributed by atoms with van der Waals surface area (Å²) in [6.45, 7) is 9.94. The van der Waals surface area contributed by atoms with Gasteiger partial charge in [0.25, 0.3) is 0 Å². The minimum atomic E-state index is 0.290. The van der Waals surface area contributed by atoms with Crippen molar-refractivity contribution in [2.75, 3.05) is 33.2 Å². The molecular weight excluding hydrogens is 188 g/mol. The number of hydrogen-bond acceptors (Lipinski definition) is 2. The maximum atomic E-state index is 11.9. The molecule has 1 aliphatic heterocycles. The van der Waals surface area contributed by atoms with E-state index in [0.29, 0.717) is 18.4 Å². The van der Waals surface area contributed by atoms with Crippen LogP contribution in [0.4, 0.5) is 0 Å². The van der Waals surface area contributed by atoms with E-state index in [0.717, 1.165) is 19.6 Å². The largest absolute Gasteiger partial charge is 0.341 e. The topological polar surface area (TPSA) is 23.6 Å². The maximum absolute atomic E-state index is 11.9. The molecule has 15 heavy (non-hydrogen) atoms. The third-order valence-corrected chi connectivity index (χ3v) is 3.17. The average molecular weight is 212 g/mol. The summed E-state index contributed by atoms with van der Waals surface area (Å²) in [5.41, 5.74) is 0. The Morgan fingerprint density at radius 3 is 2.33 bits per heavy atom. The number of hydrogen-bond donors (Lipinski definition) is 0. The lowest BCUT2D eigenvalue weighted by atomic mass is 9.92. The summed E-state index contributed by atoms with van der Waals surface area (Å²) in [4.78, 5) is 16.0. The van der Waals surface area contributed by atoms with Crippen LogP contribution in [0.3, 0.4) is 0 Å². The number of piperidine rings is 1. The molecule has 0 aromatic heterocycles. The Morgan fingerprint density at radius 1 is 1.33 bits per heavy atom. The van der Waals surface area contributed by atoms with Gasteiger partial charge in [0.1, 0.15) is 0 Å². The van der Waals surface area contributed by atoms with Gasteiger partial charge in [0.2, 0.25) is 5.91 Å². The minimum absolute atomic E-state index is 0.290. The van der Waals surface area contributed by atoms with Crippen molar-refractivity contribution in [1.82, 2.24) is 9.80 Å². The lowest BCUT2D eigenvalue weighted by Gasteiger charge is -2.35. The third kappa shape index (κ3) is 3.82. The highest BCUT2D eigenvalue weighted by Gasteiger charge is 2.25. The van der Waals surface area contributed by atoms with Crippen molar-refractivity contribution in [3.63, 3.8) is 0 Å². The van der Waals surface area contributed by atoms with Gasteiger partial charge in [-0.05, 0) is 31.8 Å². The number of amides is 1. The molecule has 3 nitrogen and oxygen atoms in total. The molecule has 88 valence electrons. The molecule has 1 aliphatic rings. The summed E-state index contributed by atoms with van der Waals surface area (Å²) in [6, 6.07) is 0. The Hall–Kier alpha value is -0.570. The van der Waals surface area contributed by atoms with Gasteiger partial charge in [-0.25, -0.2) is 0 Å². The normalized spacial score (nSPS) is 27.1. The van der Waals surface area contributed by atoms with Gasteiger partial charge in [-0.1, -0.05) is 20.8 Å². The Kier molecular flexibility index (Phi) is 4.58. The summed E-state index contributed by atoms with van der Waals surface area (Å²) in [6.07, 6.45) is 1.26. The average Bonchev–Trinajstić information content (AvgIpc) is 2.16. The van der Waals surface area contributed by atoms with E-state index < -0.39 is 0 Å². The van der Waals surface area contributed by atoms with Gasteiger partial charge < -0.3 is 4.90 Å². The van der Waals surface area contributed by atoms with Gasteiger partial charge in [-0.3, -0.25) is 9.69 Å². The molecule has 0 bridgehead atoms. The number of carbonyl (C=O) groups excluding carboxylic acids is 1. The molecule has 0 aromatic carbocycles. The summed E-state index contributed by atoms with van der Waals surface area (Å²) >= 11 is 0. The quantitative estimate of drug-likeness (QED) is 0.707. The van der Waals surface area contributed by atoms with E-state index in [-0.39, 0.29) is 5.91 Å². The molecule has 1 rings (SSSR count). The van der Waals surface area contributed by atoms with Crippen molar-refractivity contribution in [3.8, 4) is 0 Å². The van der Waals surface area contributed by atoms with Crippen LogP contribution in [0.5, 0.6) is 0 Å². The van der Waals surface area contributed by atoms with Crippen molar-refractivity contribution in [2.24, 2.45) is 11.8 Å². The van der Waals surface area contributed by atoms with Crippen LogP contribution in [0.2, 0.25) is 0 Å². The fourth-order valence-electron chi connectivity index (χ4n) is 2.31. The molecule has 0 aliphatic carbocycles. The molecule has 0 spiro atoms. The first-order valence-corrected chi connectivity index (χ1v) is 5.99. The molecule has 0 aromatic rings. The molecule has 2 atom stereocenters. The SMILES string of the molecule is CCN(C)CC(=O)N1CC(C)CC(C)C1. The number of likely N-dealkylation sites (tertiary alicyclic amines) is 1. The molecule has 1 fully saturated rings. The second kappa shape index (κ2) is 5.50. The zero-order valence-corrected chi connectivity index (χ0v) is 10.5. The maximum Gasteiger partial charge on any atom is 0.236 e. The van der Waals surface area contributed by atoms with E-state index >= 15 is 0 Å². The van der Waals surface area contributed by atoms with Crippen molar-refractivity contribution >= 4 is 5.91 Å². The van der Waals surface area contributed by atoms with Crippen molar-refractivity contribution in [3.05, 3.63) is 0 Å². The summed E-state index contributed by atoms with van der Waals surface area (Å²) < 4.78 is 0. The molecule has 0 N–H and O–H groups in total. The molecule has 0 saturated carbocycles. The third-order valence-electron chi connectivity index (χ3n) is 3.17. The van der Waals surface area contributed by atoms with E-state index in [9.17, 15) is 4.79 Å². The van der Waals surface area contributed by atoms with Gasteiger partial charge in [-0.15, -0.1) is 0 Å². The molecule has 0 radical (unpaired) electrons. The zero-order valence-electron chi connectivity index (χ0n) is 10.5. The first kappa shape index (κ1) is 12.5. The minimum Gasteiger partial charge on any atom is -0.341 e. The van der Waals surface area contributed by atoms with Crippen LogP contribution in [0.1, 0.15) is 27.2 Å². The van der Waals surface area contributed by atoms with Gasteiger partial charge in [0, 0.05) is 13.1 Å². The Labute approximate surface area is 93.4 Å². The van der Waals surface area contributed by atoms with Gasteiger partial charge in [-0.2, -0.15) is 0 Å². The van der Waals surface area contributed by atoms with Crippen molar-refractivity contribution in [1.29, 1.82) is 0 Å². The van der Waals surface area contributed by atoms with Crippen LogP contribution in [0.15, 0.2) is 0 Å². The molecule has 2 unspecified atom stereocenters. The summed E-state index contributed by atoms with van der Waals surface area (Å²) in [5.74, 6) is 1.60. The highest BCUT2D eigenvalue weighted by molar-refractivity contribution is 5.78. The predicted octanol–water partition coefficient (Wildman–Crippen LogP) is 1.44. The van der Waals surface area contributed by atoms with Crippen LogP contribution < -0.4 is 0 Å². The number of carbonyl (C=O) groups is 1. The molecular formula is C12H24N2O. The van der Waals surface area contributed by atoms with Crippen LogP contribution in [0, 0.1) is 11.8 Å². The van der Waals surface area contributed by atoms with Crippen LogP contribution in [-0.2, 0) is 4.79 Å². The molecule has 3 heteroatoms. The Morgan fingerprint density at radius 2 is 1.87 bits per heavy atom. The first-order chi connectivity index (χ1) is 7.02. The van der Waals surface area contributed by atoms with E-state index in [1.807, 2.05) is 11.9 Å². The van der Waals surface area contributed by atoms with Crippen LogP contribution in [0.25, 0.3) is 0 Å². The van der Waals surface area contributed by atoms with E-state index in [4.69, 9.17) is 0 Å². The molecule has 1 saturated heterocycles. The first-order valence-electron chi connectivity index (χ1n) is 5.99. The Balaban J connectivity index is 2.44. The fraction of sp³-hybridized carbons (Fsp3) is 0.917. The number of nitrogens with zero attached hydrogens (tertiary/aromatic N) is 2. The van der Waals surface area contributed by atoms with Crippen LogP contribution >= 0.6 is 0 Å². The lowest BCUT2D eigenvalue weighted by Crippen LogP contribution is -2.46. The van der Waals surface area contributed by atoms with E-state index in [2.05, 4.69) is 25.7 Å². The monoisotopic (exact) mass is 212 g/mol. The van der Waals surface area contributed by atoms with E-state index in [1.165, 1.54) is 6.42 Å². The number of rotatable bonds is 3. The van der Waals surface area contributed by atoms with Gasteiger partial charge in [0.05, 0.1) is 6.54 Å². The zero-order chi connectivity index (χ0) is 11.4. The van der Waals surface area contributed by atoms with Gasteiger partial charge in [0.15, 0.2) is 0 Å². The lowest BCUT2D eigenvalue weighted by molar-refractivity contribution is -0.134. The Bertz CT molecular complexity index is 208. The predicted molar refractivity (Wildman–Crippen MR) is 62.7 cm³/mol. The summed E-state index contributed by atoms with van der Waals surface area (Å²) in [7, 11) is 1.99. The molecule has 1 heterocycles. The van der Waals surface area contributed by atoms with E-state index in [1.54, 1.807) is 0 Å². The summed E-state index contributed by atoms with van der Waals surface area (Å²) in [5, 5.41) is 0. The van der Waals surface area contributed by atoms with Crippen molar-refractivity contribution < 1.29 is 4.79 Å². The second-order valence-corrected chi connectivity index (χ2v) is 5.08. The van der Waals surface area contributed by atoms with Crippen molar-refractivity contribution in [2.45, 2.75) is 27.2 Å². The standard InChI is InChI=1S/C12H24N2O/c1-5-13(4)9-12(15)14-7-10(2)6-11(3)8-14/h10-11H,5-9H2,1-4H3. The highest BCUT2D eigenvalue weighted by Crippen LogP contribution is 2.20. The second-order valence-electron chi connectivity index (χ2n) is 5.08. The fourth-order valence-corrected chi connectivity index (χ4v) is 2.31. The smallest absolute Gasteiger partial charge is 0.236 e. The number of likely N-dealkylation sites (N-methyl/N-ethyl adjacent to an activating group) is 1.